The molecule has 2 heterocycles. The number of carbonyl (C=O) groups excluding carboxylic acids is 1. The average Bonchev–Trinajstić information content (AvgIpc) is 3.49. The SMILES string of the molecule is COc1ccc(CCCN2CCCC2)cc1OC.NC(=O)C(F)(F)c1cc2c(o1)CCC=C2. The van der Waals surface area contributed by atoms with E-state index < -0.39 is 17.6 Å². The van der Waals surface area contributed by atoms with Crippen molar-refractivity contribution < 1.29 is 27.5 Å². The summed E-state index contributed by atoms with van der Waals surface area (Å²) in [5.74, 6) is -3.99. The van der Waals surface area contributed by atoms with E-state index in [0.717, 1.165) is 30.4 Å². The first-order chi connectivity index (χ1) is 15.8. The van der Waals surface area contributed by atoms with Crippen LogP contribution in [-0.4, -0.2) is 44.7 Å². The number of hydrogen-bond acceptors (Lipinski definition) is 5. The second-order valence-corrected chi connectivity index (χ2v) is 8.21. The quantitative estimate of drug-likeness (QED) is 0.623. The van der Waals surface area contributed by atoms with Gasteiger partial charge in [0.25, 0.3) is 5.91 Å². The van der Waals surface area contributed by atoms with E-state index >= 15 is 0 Å². The average molecular weight is 463 g/mol. The normalized spacial score (nSPS) is 15.5. The monoisotopic (exact) mass is 462 g/mol. The van der Waals surface area contributed by atoms with Crippen molar-refractivity contribution in [2.45, 2.75) is 44.4 Å². The summed E-state index contributed by atoms with van der Waals surface area (Å²) in [5, 5.41) is 0. The molecule has 180 valence electrons. The van der Waals surface area contributed by atoms with Gasteiger partial charge in [0.15, 0.2) is 17.3 Å². The molecule has 0 radical (unpaired) electrons. The lowest BCUT2D eigenvalue weighted by Crippen LogP contribution is -2.32. The maximum absolute atomic E-state index is 13.2. The first kappa shape index (κ1) is 24.8. The van der Waals surface area contributed by atoms with Crippen molar-refractivity contribution in [3.8, 4) is 11.5 Å². The van der Waals surface area contributed by atoms with Gasteiger partial charge in [-0.3, -0.25) is 4.79 Å². The number of benzene rings is 1. The predicted octanol–water partition coefficient (Wildman–Crippen LogP) is 4.55. The van der Waals surface area contributed by atoms with E-state index in [1.54, 1.807) is 20.3 Å². The Kier molecular flexibility index (Phi) is 8.49. The van der Waals surface area contributed by atoms with Gasteiger partial charge in [0.1, 0.15) is 5.76 Å². The maximum Gasteiger partial charge on any atom is 0.380 e. The number of methoxy groups -OCH3 is 2. The fraction of sp³-hybridized carbons (Fsp3) is 0.480. The Balaban J connectivity index is 0.000000189. The third kappa shape index (κ3) is 6.35. The van der Waals surface area contributed by atoms with E-state index in [-0.39, 0.29) is 0 Å². The summed E-state index contributed by atoms with van der Waals surface area (Å²) in [4.78, 5) is 13.1. The number of nitrogens with zero attached hydrogens (tertiary/aromatic N) is 1. The lowest BCUT2D eigenvalue weighted by Gasteiger charge is -2.14. The van der Waals surface area contributed by atoms with Gasteiger partial charge in [-0.2, -0.15) is 8.78 Å². The zero-order chi connectivity index (χ0) is 23.8. The molecule has 2 N–H and O–H groups in total. The molecule has 1 saturated heterocycles. The molecule has 33 heavy (non-hydrogen) atoms. The minimum Gasteiger partial charge on any atom is -0.493 e. The van der Waals surface area contributed by atoms with Crippen molar-refractivity contribution in [2.24, 2.45) is 5.73 Å². The molecule has 0 bridgehead atoms. The molecule has 1 aliphatic carbocycles. The highest BCUT2D eigenvalue weighted by atomic mass is 19.3. The summed E-state index contributed by atoms with van der Waals surface area (Å²) >= 11 is 0. The van der Waals surface area contributed by atoms with E-state index in [1.165, 1.54) is 44.5 Å². The van der Waals surface area contributed by atoms with Gasteiger partial charge in [0, 0.05) is 12.0 Å². The van der Waals surface area contributed by atoms with Crippen LogP contribution < -0.4 is 15.2 Å². The molecule has 0 saturated carbocycles. The van der Waals surface area contributed by atoms with E-state index in [4.69, 9.17) is 13.9 Å². The zero-order valence-electron chi connectivity index (χ0n) is 19.2. The zero-order valence-corrected chi connectivity index (χ0v) is 19.2. The third-order valence-corrected chi connectivity index (χ3v) is 5.88. The number of carbonyl (C=O) groups is 1. The van der Waals surface area contributed by atoms with Crippen LogP contribution in [0.15, 0.2) is 34.8 Å². The molecule has 1 aliphatic heterocycles. The van der Waals surface area contributed by atoms with Gasteiger partial charge >= 0.3 is 5.92 Å². The second kappa shape index (κ2) is 11.3. The Bertz CT molecular complexity index is 965. The van der Waals surface area contributed by atoms with Crippen molar-refractivity contribution in [1.29, 1.82) is 0 Å². The van der Waals surface area contributed by atoms with Crippen LogP contribution in [0.1, 0.15) is 48.3 Å². The fourth-order valence-electron chi connectivity index (χ4n) is 4.03. The number of amides is 1. The number of rotatable bonds is 8. The van der Waals surface area contributed by atoms with Crippen molar-refractivity contribution >= 4 is 12.0 Å². The number of furan rings is 1. The number of aryl methyl sites for hydroxylation is 2. The molecule has 2 aliphatic rings. The molecule has 2 aromatic rings. The largest absolute Gasteiger partial charge is 0.493 e. The van der Waals surface area contributed by atoms with Crippen molar-refractivity contribution in [1.82, 2.24) is 4.90 Å². The number of likely N-dealkylation sites (tertiary alicyclic amines) is 1. The van der Waals surface area contributed by atoms with Gasteiger partial charge in [-0.25, -0.2) is 0 Å². The van der Waals surface area contributed by atoms with E-state index in [9.17, 15) is 13.6 Å². The van der Waals surface area contributed by atoms with E-state index in [2.05, 4.69) is 22.8 Å². The highest BCUT2D eigenvalue weighted by Crippen LogP contribution is 2.33. The van der Waals surface area contributed by atoms with Gasteiger partial charge in [-0.1, -0.05) is 18.2 Å². The Morgan fingerprint density at radius 2 is 1.88 bits per heavy atom. The Morgan fingerprint density at radius 3 is 2.52 bits per heavy atom. The molecule has 8 heteroatoms. The first-order valence-corrected chi connectivity index (χ1v) is 11.3. The summed E-state index contributed by atoms with van der Waals surface area (Å²) in [5.41, 5.74) is 6.51. The maximum atomic E-state index is 13.2. The van der Waals surface area contributed by atoms with Crippen molar-refractivity contribution in [3.05, 3.63) is 53.0 Å². The van der Waals surface area contributed by atoms with E-state index in [1.807, 2.05) is 12.1 Å². The summed E-state index contributed by atoms with van der Waals surface area (Å²) < 4.78 is 41.8. The number of allylic oxidation sites excluding steroid dienone is 1. The number of nitrogens with two attached hydrogens (primary N) is 1. The molecular formula is C25H32F2N2O4. The smallest absolute Gasteiger partial charge is 0.380 e. The summed E-state index contributed by atoms with van der Waals surface area (Å²) in [6.07, 6.45) is 9.95. The van der Waals surface area contributed by atoms with Crippen LogP contribution in [0.2, 0.25) is 0 Å². The Hall–Kier alpha value is -2.87. The number of halogens is 2. The molecule has 1 aromatic carbocycles. The lowest BCUT2D eigenvalue weighted by atomic mass is 10.1. The third-order valence-electron chi connectivity index (χ3n) is 5.88. The number of hydrogen-bond donors (Lipinski definition) is 1. The minimum atomic E-state index is -3.73. The highest BCUT2D eigenvalue weighted by molar-refractivity contribution is 5.82. The highest BCUT2D eigenvalue weighted by Gasteiger charge is 2.43. The van der Waals surface area contributed by atoms with Crippen LogP contribution in [0.25, 0.3) is 6.08 Å². The van der Waals surface area contributed by atoms with Crippen molar-refractivity contribution in [3.63, 3.8) is 0 Å². The van der Waals surface area contributed by atoms with E-state index in [0.29, 0.717) is 17.7 Å². The minimum absolute atomic E-state index is 0.480. The fourth-order valence-corrected chi connectivity index (χ4v) is 4.03. The number of fused-ring (bicyclic) bond motifs is 1. The number of alkyl halides is 2. The molecule has 1 fully saturated rings. The van der Waals surface area contributed by atoms with Crippen LogP contribution >= 0.6 is 0 Å². The molecule has 0 spiro atoms. The molecule has 6 nitrogen and oxygen atoms in total. The molecular weight excluding hydrogens is 430 g/mol. The van der Waals surface area contributed by atoms with Crippen LogP contribution in [0.3, 0.4) is 0 Å². The Morgan fingerprint density at radius 1 is 1.15 bits per heavy atom. The standard InChI is InChI=1S/C15H23NO2.C10H9F2NO2/c1-17-14-8-7-13(12-15(14)18-2)6-5-11-16-9-3-4-10-16;11-10(12,9(13)14)8-5-6-3-1-2-4-7(6)15-8/h7-8,12H,3-6,9-11H2,1-2H3;1,3,5H,2,4H2,(H2,13,14). The summed E-state index contributed by atoms with van der Waals surface area (Å²) in [6.45, 7) is 3.78. The van der Waals surface area contributed by atoms with Crippen LogP contribution in [0.4, 0.5) is 8.78 Å². The van der Waals surface area contributed by atoms with Gasteiger partial charge < -0.3 is 24.5 Å². The summed E-state index contributed by atoms with van der Waals surface area (Å²) in [7, 11) is 3.36. The van der Waals surface area contributed by atoms with Gasteiger partial charge in [0.2, 0.25) is 0 Å². The molecule has 0 unspecified atom stereocenters. The second-order valence-electron chi connectivity index (χ2n) is 8.21. The topological polar surface area (TPSA) is 77.9 Å². The summed E-state index contributed by atoms with van der Waals surface area (Å²) in [6, 6.07) is 7.37. The van der Waals surface area contributed by atoms with Gasteiger partial charge in [0.05, 0.1) is 14.2 Å². The van der Waals surface area contributed by atoms with Crippen molar-refractivity contribution in [2.75, 3.05) is 33.9 Å². The molecule has 1 aromatic heterocycles. The van der Waals surface area contributed by atoms with Crippen LogP contribution in [-0.2, 0) is 23.6 Å². The Labute approximate surface area is 193 Å². The van der Waals surface area contributed by atoms with Crippen LogP contribution in [0, 0.1) is 0 Å². The first-order valence-electron chi connectivity index (χ1n) is 11.3. The lowest BCUT2D eigenvalue weighted by molar-refractivity contribution is -0.145. The van der Waals surface area contributed by atoms with Gasteiger partial charge in [-0.05, 0) is 75.5 Å². The predicted molar refractivity (Wildman–Crippen MR) is 123 cm³/mol. The number of primary amides is 1. The molecule has 1 amide bonds. The molecule has 0 atom stereocenters. The molecule has 4 rings (SSSR count). The van der Waals surface area contributed by atoms with Gasteiger partial charge in [-0.15, -0.1) is 0 Å². The number of ether oxygens (including phenoxy) is 2. The van der Waals surface area contributed by atoms with Crippen LogP contribution in [0.5, 0.6) is 11.5 Å².